The van der Waals surface area contributed by atoms with E-state index < -0.39 is 5.91 Å². The predicted molar refractivity (Wildman–Crippen MR) is 114 cm³/mol. The van der Waals surface area contributed by atoms with Gasteiger partial charge >= 0.3 is 0 Å². The summed E-state index contributed by atoms with van der Waals surface area (Å²) < 4.78 is 6.49. The Morgan fingerprint density at radius 3 is 2.27 bits per heavy atom. The molecule has 3 rings (SSSR count). The first-order valence-electron chi connectivity index (χ1n) is 9.11. The first kappa shape index (κ1) is 21.1. The smallest absolute Gasteiger partial charge is 0.271 e. The van der Waals surface area contributed by atoms with E-state index >= 15 is 0 Å². The van der Waals surface area contributed by atoms with Gasteiger partial charge in [-0.3, -0.25) is 25.2 Å². The maximum absolute atomic E-state index is 12.4. The maximum Gasteiger partial charge on any atom is 0.271 e. The predicted octanol–water partition coefficient (Wildman–Crippen LogP) is 2.56. The number of carbonyl (C=O) groups is 2. The topological polar surface area (TPSA) is 89.4 Å². The van der Waals surface area contributed by atoms with Gasteiger partial charge < -0.3 is 9.30 Å². The van der Waals surface area contributed by atoms with Gasteiger partial charge in [-0.1, -0.05) is 35.9 Å². The van der Waals surface area contributed by atoms with E-state index in [2.05, 4.69) is 10.9 Å². The Bertz CT molecular complexity index is 1090. The molecule has 0 fully saturated rings. The number of methoxy groups -OCH3 is 1. The van der Waals surface area contributed by atoms with Gasteiger partial charge in [-0.15, -0.1) is 0 Å². The molecule has 0 spiro atoms. The molecule has 1 aromatic heterocycles. The number of nitrogens with zero attached hydrogens (tertiary/aromatic N) is 1. The molecule has 0 aliphatic carbocycles. The lowest BCUT2D eigenvalue weighted by molar-refractivity contribution is -0.121. The van der Waals surface area contributed by atoms with E-state index in [4.69, 9.17) is 16.3 Å². The maximum atomic E-state index is 12.4. The summed E-state index contributed by atoms with van der Waals surface area (Å²) >= 11 is 5.88. The summed E-state index contributed by atoms with van der Waals surface area (Å²) in [4.78, 5) is 36.5. The van der Waals surface area contributed by atoms with E-state index in [1.54, 1.807) is 55.6 Å². The van der Waals surface area contributed by atoms with E-state index in [-0.39, 0.29) is 23.5 Å². The van der Waals surface area contributed by atoms with Gasteiger partial charge in [-0.25, -0.2) is 0 Å². The van der Waals surface area contributed by atoms with Gasteiger partial charge in [0.1, 0.15) is 5.75 Å². The van der Waals surface area contributed by atoms with Gasteiger partial charge in [-0.05, 0) is 41.5 Å². The number of hydrogen-bond acceptors (Lipinski definition) is 4. The number of hydrazine groups is 1. The van der Waals surface area contributed by atoms with Gasteiger partial charge in [0.25, 0.3) is 11.5 Å². The largest absolute Gasteiger partial charge is 0.497 e. The zero-order valence-corrected chi connectivity index (χ0v) is 17.0. The Morgan fingerprint density at radius 2 is 1.60 bits per heavy atom. The van der Waals surface area contributed by atoms with Crippen LogP contribution in [0, 0.1) is 0 Å². The number of pyridine rings is 1. The van der Waals surface area contributed by atoms with E-state index in [9.17, 15) is 14.4 Å². The molecule has 0 aliphatic rings. The van der Waals surface area contributed by atoms with Crippen molar-refractivity contribution in [1.29, 1.82) is 0 Å². The molecule has 3 aromatic rings. The minimum absolute atomic E-state index is 0.0976. The summed E-state index contributed by atoms with van der Waals surface area (Å²) in [6.07, 6.45) is 1.54. The summed E-state index contributed by atoms with van der Waals surface area (Å²) in [5.41, 5.74) is 6.38. The van der Waals surface area contributed by atoms with Crippen LogP contribution in [0.4, 0.5) is 0 Å². The van der Waals surface area contributed by atoms with Crippen LogP contribution in [0.3, 0.4) is 0 Å². The monoisotopic (exact) mass is 425 g/mol. The highest BCUT2D eigenvalue weighted by Gasteiger charge is 2.10. The molecule has 8 heteroatoms. The van der Waals surface area contributed by atoms with Crippen LogP contribution >= 0.6 is 11.6 Å². The summed E-state index contributed by atoms with van der Waals surface area (Å²) in [6.45, 7) is 0.293. The molecule has 154 valence electrons. The number of rotatable bonds is 6. The van der Waals surface area contributed by atoms with Gasteiger partial charge in [0, 0.05) is 17.3 Å². The van der Waals surface area contributed by atoms with E-state index in [0.717, 1.165) is 11.1 Å². The fourth-order valence-electron chi connectivity index (χ4n) is 2.75. The molecular formula is C22H20ClN3O4. The van der Waals surface area contributed by atoms with E-state index in [1.165, 1.54) is 22.9 Å². The second-order valence-electron chi connectivity index (χ2n) is 6.54. The summed E-state index contributed by atoms with van der Waals surface area (Å²) in [7, 11) is 1.57. The van der Waals surface area contributed by atoms with Crippen molar-refractivity contribution < 1.29 is 14.3 Å². The van der Waals surface area contributed by atoms with Crippen LogP contribution in [0.25, 0.3) is 0 Å². The average Bonchev–Trinajstić information content (AvgIpc) is 2.75. The second kappa shape index (κ2) is 9.76. The number of carbonyl (C=O) groups excluding carboxylic acids is 2. The van der Waals surface area contributed by atoms with Crippen LogP contribution in [0.1, 0.15) is 21.5 Å². The van der Waals surface area contributed by atoms with Crippen molar-refractivity contribution in [3.8, 4) is 5.75 Å². The van der Waals surface area contributed by atoms with Crippen LogP contribution in [-0.4, -0.2) is 23.5 Å². The number of halogens is 1. The zero-order valence-electron chi connectivity index (χ0n) is 16.2. The lowest BCUT2D eigenvalue weighted by Crippen LogP contribution is -2.42. The van der Waals surface area contributed by atoms with Crippen molar-refractivity contribution in [2.75, 3.05) is 7.11 Å². The number of hydrogen-bond donors (Lipinski definition) is 2. The quantitative estimate of drug-likeness (QED) is 0.594. The van der Waals surface area contributed by atoms with Crippen molar-refractivity contribution in [2.45, 2.75) is 13.0 Å². The van der Waals surface area contributed by atoms with Crippen LogP contribution in [-0.2, 0) is 17.8 Å². The van der Waals surface area contributed by atoms with Gasteiger partial charge in [-0.2, -0.15) is 0 Å². The third-order valence-electron chi connectivity index (χ3n) is 4.35. The first-order chi connectivity index (χ1) is 14.4. The molecule has 2 N–H and O–H groups in total. The molecule has 0 radical (unpaired) electrons. The second-order valence-corrected chi connectivity index (χ2v) is 6.97. The standard InChI is InChI=1S/C22H20ClN3O4/c1-30-19-9-4-15(5-10-19)12-20(27)24-25-22(29)17-6-11-21(28)26(14-17)13-16-2-7-18(23)8-3-16/h2-11,14H,12-13H2,1H3,(H,24,27)(H,25,29). The van der Waals surface area contributed by atoms with Crippen molar-refractivity contribution in [2.24, 2.45) is 0 Å². The van der Waals surface area contributed by atoms with E-state index in [0.29, 0.717) is 17.3 Å². The van der Waals surface area contributed by atoms with Crippen LogP contribution in [0.2, 0.25) is 5.02 Å². The zero-order chi connectivity index (χ0) is 21.5. The lowest BCUT2D eigenvalue weighted by Gasteiger charge is -2.10. The molecule has 0 aliphatic heterocycles. The van der Waals surface area contributed by atoms with Crippen molar-refractivity contribution in [3.05, 3.63) is 98.9 Å². The fourth-order valence-corrected chi connectivity index (χ4v) is 2.87. The Kier molecular flexibility index (Phi) is 6.87. The number of benzene rings is 2. The highest BCUT2D eigenvalue weighted by Crippen LogP contribution is 2.12. The molecule has 2 aromatic carbocycles. The SMILES string of the molecule is COc1ccc(CC(=O)NNC(=O)c2ccc(=O)n(Cc3ccc(Cl)cc3)c2)cc1. The Hall–Kier alpha value is -3.58. The van der Waals surface area contributed by atoms with Crippen LogP contribution in [0.15, 0.2) is 71.7 Å². The molecule has 0 bridgehead atoms. The highest BCUT2D eigenvalue weighted by molar-refractivity contribution is 6.30. The number of amides is 2. The summed E-state index contributed by atoms with van der Waals surface area (Å²) in [5.74, 6) is -0.202. The highest BCUT2D eigenvalue weighted by atomic mass is 35.5. The Morgan fingerprint density at radius 1 is 0.933 bits per heavy atom. The van der Waals surface area contributed by atoms with Crippen molar-refractivity contribution in [3.63, 3.8) is 0 Å². The molecule has 7 nitrogen and oxygen atoms in total. The molecule has 2 amide bonds. The molecule has 0 saturated heterocycles. The number of ether oxygens (including phenoxy) is 1. The third kappa shape index (κ3) is 5.71. The lowest BCUT2D eigenvalue weighted by atomic mass is 10.1. The van der Waals surface area contributed by atoms with Crippen LogP contribution in [0.5, 0.6) is 5.75 Å². The molecule has 1 heterocycles. The fraction of sp³-hybridized carbons (Fsp3) is 0.136. The molecular weight excluding hydrogens is 406 g/mol. The summed E-state index contributed by atoms with van der Waals surface area (Å²) in [5, 5.41) is 0.601. The Balaban J connectivity index is 1.59. The first-order valence-corrected chi connectivity index (χ1v) is 9.49. The minimum Gasteiger partial charge on any atom is -0.497 e. The van der Waals surface area contributed by atoms with Gasteiger partial charge in [0.15, 0.2) is 0 Å². The molecule has 0 unspecified atom stereocenters. The number of aromatic nitrogens is 1. The van der Waals surface area contributed by atoms with Gasteiger partial charge in [0.2, 0.25) is 5.91 Å². The van der Waals surface area contributed by atoms with E-state index in [1.807, 2.05) is 0 Å². The third-order valence-corrected chi connectivity index (χ3v) is 4.60. The Labute approximate surface area is 178 Å². The van der Waals surface area contributed by atoms with Crippen molar-refractivity contribution in [1.82, 2.24) is 15.4 Å². The summed E-state index contributed by atoms with van der Waals surface area (Å²) in [6, 6.07) is 16.8. The average molecular weight is 426 g/mol. The van der Waals surface area contributed by atoms with Crippen LogP contribution < -0.4 is 21.1 Å². The molecule has 0 saturated carbocycles. The molecule has 30 heavy (non-hydrogen) atoms. The normalized spacial score (nSPS) is 10.3. The molecule has 0 atom stereocenters. The number of nitrogens with one attached hydrogen (secondary N) is 2. The van der Waals surface area contributed by atoms with Crippen molar-refractivity contribution >= 4 is 23.4 Å². The van der Waals surface area contributed by atoms with Gasteiger partial charge in [0.05, 0.1) is 25.6 Å². The minimum atomic E-state index is -0.525.